The van der Waals surface area contributed by atoms with Crippen molar-refractivity contribution in [1.82, 2.24) is 5.32 Å². The van der Waals surface area contributed by atoms with Crippen molar-refractivity contribution < 1.29 is 9.59 Å². The third kappa shape index (κ3) is 4.79. The molecule has 2 aromatic carbocycles. The summed E-state index contributed by atoms with van der Waals surface area (Å²) in [6.45, 7) is 1.90. The van der Waals surface area contributed by atoms with E-state index in [0.29, 0.717) is 5.56 Å². The lowest BCUT2D eigenvalue weighted by Gasteiger charge is -2.15. The van der Waals surface area contributed by atoms with E-state index in [9.17, 15) is 9.59 Å². The van der Waals surface area contributed by atoms with Gasteiger partial charge in [0.05, 0.1) is 0 Å². The first kappa shape index (κ1) is 18.8. The topological polar surface area (TPSA) is 70.2 Å². The van der Waals surface area contributed by atoms with Crippen LogP contribution in [0.4, 0.5) is 11.4 Å². The van der Waals surface area contributed by atoms with E-state index in [1.807, 2.05) is 37.3 Å². The summed E-state index contributed by atoms with van der Waals surface area (Å²) in [6.07, 6.45) is 1.91. The normalized spacial score (nSPS) is 13.0. The van der Waals surface area contributed by atoms with Gasteiger partial charge in [-0.2, -0.15) is 0 Å². The van der Waals surface area contributed by atoms with Gasteiger partial charge in [0.2, 0.25) is 5.91 Å². The highest BCUT2D eigenvalue weighted by Crippen LogP contribution is 2.31. The standard InChI is InChI=1S/C19H18IN3O2S/c1-11-15(21-17(24)12-8-9-12)6-3-7-16(11)22-19(26)23-18(25)13-4-2-5-14(20)10-13/h2-7,10,12H,8-9H2,1H3,(H,21,24)(H2,22,23,25,26). The highest BCUT2D eigenvalue weighted by atomic mass is 127. The van der Waals surface area contributed by atoms with Crippen LogP contribution in [0.25, 0.3) is 0 Å². The maximum atomic E-state index is 12.3. The minimum atomic E-state index is -0.267. The van der Waals surface area contributed by atoms with Crippen LogP contribution in [0.15, 0.2) is 42.5 Å². The zero-order valence-electron chi connectivity index (χ0n) is 14.1. The van der Waals surface area contributed by atoms with E-state index in [4.69, 9.17) is 12.2 Å². The number of rotatable bonds is 4. The molecule has 3 N–H and O–H groups in total. The first-order valence-corrected chi connectivity index (χ1v) is 9.71. The number of halogens is 1. The molecule has 0 saturated heterocycles. The Morgan fingerprint density at radius 1 is 1.08 bits per heavy atom. The van der Waals surface area contributed by atoms with Crippen LogP contribution in [0.5, 0.6) is 0 Å². The number of amides is 2. The van der Waals surface area contributed by atoms with Crippen molar-refractivity contribution in [2.45, 2.75) is 19.8 Å². The van der Waals surface area contributed by atoms with Crippen molar-refractivity contribution in [1.29, 1.82) is 0 Å². The molecule has 0 aromatic heterocycles. The number of hydrogen-bond donors (Lipinski definition) is 3. The van der Waals surface area contributed by atoms with Crippen molar-refractivity contribution in [2.24, 2.45) is 5.92 Å². The molecule has 1 fully saturated rings. The second-order valence-electron chi connectivity index (χ2n) is 6.16. The van der Waals surface area contributed by atoms with Gasteiger partial charge in [0.1, 0.15) is 0 Å². The molecule has 0 unspecified atom stereocenters. The van der Waals surface area contributed by atoms with Gasteiger partial charge in [0.15, 0.2) is 5.11 Å². The Morgan fingerprint density at radius 2 is 1.73 bits per heavy atom. The Balaban J connectivity index is 1.65. The fourth-order valence-electron chi connectivity index (χ4n) is 2.45. The third-order valence-electron chi connectivity index (χ3n) is 4.10. The number of hydrogen-bond acceptors (Lipinski definition) is 3. The molecule has 0 aliphatic heterocycles. The van der Waals surface area contributed by atoms with Crippen molar-refractivity contribution >= 4 is 63.1 Å². The number of carbonyl (C=O) groups is 2. The zero-order chi connectivity index (χ0) is 18.7. The molecular formula is C19H18IN3O2S. The first-order chi connectivity index (χ1) is 12.4. The highest BCUT2D eigenvalue weighted by molar-refractivity contribution is 14.1. The van der Waals surface area contributed by atoms with Gasteiger partial charge >= 0.3 is 0 Å². The van der Waals surface area contributed by atoms with E-state index >= 15 is 0 Å². The Hall–Kier alpha value is -2.00. The van der Waals surface area contributed by atoms with Crippen molar-refractivity contribution in [3.63, 3.8) is 0 Å². The van der Waals surface area contributed by atoms with E-state index < -0.39 is 0 Å². The van der Waals surface area contributed by atoms with Gasteiger partial charge in [-0.25, -0.2) is 0 Å². The summed E-state index contributed by atoms with van der Waals surface area (Å²) in [4.78, 5) is 24.3. The van der Waals surface area contributed by atoms with E-state index in [0.717, 1.165) is 33.4 Å². The minimum absolute atomic E-state index is 0.0554. The van der Waals surface area contributed by atoms with Crippen LogP contribution in [0.2, 0.25) is 0 Å². The molecule has 0 spiro atoms. The molecule has 2 amide bonds. The lowest BCUT2D eigenvalue weighted by atomic mass is 10.1. The summed E-state index contributed by atoms with van der Waals surface area (Å²) >= 11 is 7.41. The van der Waals surface area contributed by atoms with Gasteiger partial charge < -0.3 is 10.6 Å². The van der Waals surface area contributed by atoms with Crippen LogP contribution in [0.1, 0.15) is 28.8 Å². The zero-order valence-corrected chi connectivity index (χ0v) is 17.1. The molecule has 2 aromatic rings. The SMILES string of the molecule is Cc1c(NC(=O)C2CC2)cccc1NC(=S)NC(=O)c1cccc(I)c1. The van der Waals surface area contributed by atoms with Crippen LogP contribution in [-0.2, 0) is 4.79 Å². The predicted molar refractivity (Wildman–Crippen MR) is 115 cm³/mol. The van der Waals surface area contributed by atoms with Crippen LogP contribution < -0.4 is 16.0 Å². The van der Waals surface area contributed by atoms with Gasteiger partial charge in [0, 0.05) is 26.4 Å². The molecule has 1 aliphatic rings. The average molecular weight is 479 g/mol. The predicted octanol–water partition coefficient (Wildman–Crippen LogP) is 4.07. The van der Waals surface area contributed by atoms with Gasteiger partial charge in [0.25, 0.3) is 5.91 Å². The molecule has 1 saturated carbocycles. The molecule has 0 atom stereocenters. The van der Waals surface area contributed by atoms with Crippen LogP contribution in [0, 0.1) is 16.4 Å². The summed E-state index contributed by atoms with van der Waals surface area (Å²) in [5, 5.41) is 8.87. The first-order valence-electron chi connectivity index (χ1n) is 8.22. The summed E-state index contributed by atoms with van der Waals surface area (Å²) in [7, 11) is 0. The molecule has 7 heteroatoms. The van der Waals surface area contributed by atoms with Gasteiger partial charge in [-0.1, -0.05) is 12.1 Å². The number of nitrogens with one attached hydrogen (secondary N) is 3. The number of thiocarbonyl (C=S) groups is 1. The molecule has 0 bridgehead atoms. The molecule has 5 nitrogen and oxygen atoms in total. The molecule has 0 radical (unpaired) electrons. The van der Waals surface area contributed by atoms with Gasteiger partial charge in [-0.05, 0) is 90.5 Å². The van der Waals surface area contributed by atoms with E-state index in [1.165, 1.54) is 0 Å². The lowest BCUT2D eigenvalue weighted by molar-refractivity contribution is -0.117. The Bertz CT molecular complexity index is 881. The second kappa shape index (κ2) is 8.13. The van der Waals surface area contributed by atoms with E-state index in [2.05, 4.69) is 38.5 Å². The highest BCUT2D eigenvalue weighted by Gasteiger charge is 2.29. The monoisotopic (exact) mass is 479 g/mol. The average Bonchev–Trinajstić information content (AvgIpc) is 3.43. The maximum absolute atomic E-state index is 12.3. The van der Waals surface area contributed by atoms with Crippen molar-refractivity contribution in [3.8, 4) is 0 Å². The number of carbonyl (C=O) groups excluding carboxylic acids is 2. The Labute approximate surface area is 171 Å². The van der Waals surface area contributed by atoms with Gasteiger partial charge in [-0.3, -0.25) is 14.9 Å². The summed E-state index contributed by atoms with van der Waals surface area (Å²) in [5.41, 5.74) is 2.90. The summed E-state index contributed by atoms with van der Waals surface area (Å²) in [5.74, 6) is -0.0725. The smallest absolute Gasteiger partial charge is 0.257 e. The van der Waals surface area contributed by atoms with Crippen LogP contribution in [-0.4, -0.2) is 16.9 Å². The molecule has 1 aliphatic carbocycles. The number of benzene rings is 2. The lowest BCUT2D eigenvalue weighted by Crippen LogP contribution is -2.34. The van der Waals surface area contributed by atoms with Crippen LogP contribution >= 0.6 is 34.8 Å². The second-order valence-corrected chi connectivity index (χ2v) is 7.81. The largest absolute Gasteiger partial charge is 0.332 e. The maximum Gasteiger partial charge on any atom is 0.257 e. The minimum Gasteiger partial charge on any atom is -0.332 e. The number of anilines is 2. The van der Waals surface area contributed by atoms with Crippen LogP contribution in [0.3, 0.4) is 0 Å². The summed E-state index contributed by atoms with van der Waals surface area (Å²) in [6, 6.07) is 12.8. The molecular weight excluding hydrogens is 461 g/mol. The fraction of sp³-hybridized carbons (Fsp3) is 0.211. The molecule has 0 heterocycles. The van der Waals surface area contributed by atoms with E-state index in [1.54, 1.807) is 12.1 Å². The fourth-order valence-corrected chi connectivity index (χ4v) is 3.19. The summed E-state index contributed by atoms with van der Waals surface area (Å²) < 4.78 is 0.976. The molecule has 3 rings (SSSR count). The van der Waals surface area contributed by atoms with Crippen molar-refractivity contribution in [2.75, 3.05) is 10.6 Å². The van der Waals surface area contributed by atoms with E-state index in [-0.39, 0.29) is 22.8 Å². The Morgan fingerprint density at radius 3 is 2.38 bits per heavy atom. The Kier molecular flexibility index (Phi) is 5.87. The third-order valence-corrected chi connectivity index (χ3v) is 4.98. The molecule has 134 valence electrons. The molecule has 26 heavy (non-hydrogen) atoms. The van der Waals surface area contributed by atoms with Gasteiger partial charge in [-0.15, -0.1) is 0 Å². The van der Waals surface area contributed by atoms with Crippen molar-refractivity contribution in [3.05, 3.63) is 57.2 Å². The quantitative estimate of drug-likeness (QED) is 0.457.